The van der Waals surface area contributed by atoms with Gasteiger partial charge in [0.2, 0.25) is 5.91 Å². The van der Waals surface area contributed by atoms with Gasteiger partial charge in [-0.25, -0.2) is 9.97 Å². The van der Waals surface area contributed by atoms with Crippen LogP contribution in [-0.4, -0.2) is 48.1 Å². The van der Waals surface area contributed by atoms with E-state index in [1.165, 1.54) is 0 Å². The lowest BCUT2D eigenvalue weighted by molar-refractivity contribution is -0.132. The van der Waals surface area contributed by atoms with Gasteiger partial charge in [-0.2, -0.15) is 5.10 Å². The molecule has 0 bridgehead atoms. The Morgan fingerprint density at radius 3 is 2.79 bits per heavy atom. The summed E-state index contributed by atoms with van der Waals surface area (Å²) in [6.45, 7) is 4.37. The van der Waals surface area contributed by atoms with Crippen LogP contribution in [-0.2, 0) is 11.8 Å². The molecule has 0 aliphatic carbocycles. The lowest BCUT2D eigenvalue weighted by Crippen LogP contribution is -2.44. The predicted octanol–water partition coefficient (Wildman–Crippen LogP) is 4.28. The minimum Gasteiger partial charge on any atom is -0.340 e. The summed E-state index contributed by atoms with van der Waals surface area (Å²) >= 11 is 0. The molecule has 168 valence electrons. The fraction of sp³-hybridized carbons (Fsp3) is 0.320. The Bertz CT molecular complexity index is 1300. The standard InChI is InChI=1S/C25H27N7O/c1-16-9-10-19(15-32(16)17(2)33)25-29-22(18-6-5-11-26-13-18)12-24(30-25)28-21-7-4-8-23-20(21)14-27-31(23)3/h4-8,11-14,16,19H,9-10,15H2,1-3H3,(H,28,29,30)/t16-,19+/m0/s1. The van der Waals surface area contributed by atoms with Gasteiger partial charge in [-0.15, -0.1) is 0 Å². The molecular weight excluding hydrogens is 414 g/mol. The number of rotatable bonds is 4. The van der Waals surface area contributed by atoms with Crippen LogP contribution in [0.2, 0.25) is 0 Å². The van der Waals surface area contributed by atoms with E-state index in [9.17, 15) is 4.79 Å². The van der Waals surface area contributed by atoms with Gasteiger partial charge >= 0.3 is 0 Å². The van der Waals surface area contributed by atoms with E-state index in [-0.39, 0.29) is 17.9 Å². The first-order valence-electron chi connectivity index (χ1n) is 11.2. The second-order valence-corrected chi connectivity index (χ2v) is 8.66. The van der Waals surface area contributed by atoms with E-state index < -0.39 is 0 Å². The number of nitrogens with one attached hydrogen (secondary N) is 1. The molecule has 1 N–H and O–H groups in total. The van der Waals surface area contributed by atoms with E-state index in [4.69, 9.17) is 9.97 Å². The average molecular weight is 442 g/mol. The number of fused-ring (bicyclic) bond motifs is 1. The van der Waals surface area contributed by atoms with Crippen LogP contribution in [0, 0.1) is 0 Å². The molecular formula is C25H27N7O. The van der Waals surface area contributed by atoms with E-state index in [0.717, 1.165) is 46.5 Å². The lowest BCUT2D eigenvalue weighted by atomic mass is 9.92. The van der Waals surface area contributed by atoms with Gasteiger partial charge in [0, 0.05) is 61.9 Å². The van der Waals surface area contributed by atoms with Gasteiger partial charge in [-0.3, -0.25) is 14.5 Å². The Kier molecular flexibility index (Phi) is 5.50. The van der Waals surface area contributed by atoms with Crippen molar-refractivity contribution < 1.29 is 4.79 Å². The monoisotopic (exact) mass is 441 g/mol. The third-order valence-electron chi connectivity index (χ3n) is 6.41. The van der Waals surface area contributed by atoms with Gasteiger partial charge in [0.25, 0.3) is 0 Å². The van der Waals surface area contributed by atoms with E-state index >= 15 is 0 Å². The van der Waals surface area contributed by atoms with Crippen molar-refractivity contribution in [3.05, 3.63) is 60.8 Å². The number of carbonyl (C=O) groups excluding carboxylic acids is 1. The molecule has 4 aromatic rings. The molecule has 5 rings (SSSR count). The van der Waals surface area contributed by atoms with Crippen LogP contribution >= 0.6 is 0 Å². The van der Waals surface area contributed by atoms with Crippen LogP contribution in [0.4, 0.5) is 11.5 Å². The van der Waals surface area contributed by atoms with Gasteiger partial charge in [0.1, 0.15) is 11.6 Å². The maximum atomic E-state index is 12.2. The molecule has 1 aliphatic rings. The summed E-state index contributed by atoms with van der Waals surface area (Å²) in [4.78, 5) is 28.2. The third-order valence-corrected chi connectivity index (χ3v) is 6.41. The number of piperidine rings is 1. The zero-order valence-corrected chi connectivity index (χ0v) is 19.1. The lowest BCUT2D eigenvalue weighted by Gasteiger charge is -2.37. The average Bonchev–Trinajstić information content (AvgIpc) is 3.21. The number of carbonyl (C=O) groups is 1. The fourth-order valence-corrected chi connectivity index (χ4v) is 4.56. The number of hydrogen-bond acceptors (Lipinski definition) is 6. The topological polar surface area (TPSA) is 88.8 Å². The van der Waals surface area contributed by atoms with Crippen molar-refractivity contribution in [1.82, 2.24) is 29.6 Å². The number of aromatic nitrogens is 5. The minimum atomic E-state index is 0.0801. The van der Waals surface area contributed by atoms with E-state index in [1.54, 1.807) is 13.1 Å². The highest BCUT2D eigenvalue weighted by atomic mass is 16.2. The van der Waals surface area contributed by atoms with Gasteiger partial charge in [-0.05, 0) is 44.0 Å². The molecule has 3 aromatic heterocycles. The van der Waals surface area contributed by atoms with Crippen LogP contribution in [0.1, 0.15) is 38.4 Å². The maximum absolute atomic E-state index is 12.2. The number of nitrogens with zero attached hydrogens (tertiary/aromatic N) is 6. The first-order valence-corrected chi connectivity index (χ1v) is 11.2. The number of hydrogen-bond donors (Lipinski definition) is 1. The van der Waals surface area contributed by atoms with Gasteiger partial charge in [0.05, 0.1) is 23.1 Å². The van der Waals surface area contributed by atoms with Crippen molar-refractivity contribution in [1.29, 1.82) is 0 Å². The van der Waals surface area contributed by atoms with Crippen molar-refractivity contribution in [3.8, 4) is 11.3 Å². The molecule has 1 aliphatic heterocycles. The number of anilines is 2. The van der Waals surface area contributed by atoms with Crippen molar-refractivity contribution in [3.63, 3.8) is 0 Å². The molecule has 4 heterocycles. The van der Waals surface area contributed by atoms with Crippen LogP contribution < -0.4 is 5.32 Å². The van der Waals surface area contributed by atoms with Crippen LogP contribution in [0.15, 0.2) is 55.0 Å². The Morgan fingerprint density at radius 1 is 1.12 bits per heavy atom. The summed E-state index contributed by atoms with van der Waals surface area (Å²) in [6.07, 6.45) is 7.29. The molecule has 0 radical (unpaired) electrons. The number of amides is 1. The smallest absolute Gasteiger partial charge is 0.219 e. The normalized spacial score (nSPS) is 18.5. The van der Waals surface area contributed by atoms with Crippen molar-refractivity contribution in [2.24, 2.45) is 7.05 Å². The van der Waals surface area contributed by atoms with Crippen LogP contribution in [0.3, 0.4) is 0 Å². The molecule has 0 unspecified atom stereocenters. The van der Waals surface area contributed by atoms with Gasteiger partial charge in [0.15, 0.2) is 0 Å². The summed E-state index contributed by atoms with van der Waals surface area (Å²) in [5, 5.41) is 8.90. The van der Waals surface area contributed by atoms with E-state index in [2.05, 4.69) is 22.3 Å². The molecule has 1 saturated heterocycles. The first-order chi connectivity index (χ1) is 16.0. The number of benzene rings is 1. The Balaban J connectivity index is 1.55. The number of pyridine rings is 1. The molecule has 0 spiro atoms. The summed E-state index contributed by atoms with van der Waals surface area (Å²) in [5.41, 5.74) is 3.71. The van der Waals surface area contributed by atoms with Crippen LogP contribution in [0.5, 0.6) is 0 Å². The molecule has 1 aromatic carbocycles. The molecule has 1 fully saturated rings. The summed E-state index contributed by atoms with van der Waals surface area (Å²) in [5.74, 6) is 1.63. The molecule has 33 heavy (non-hydrogen) atoms. The fourth-order valence-electron chi connectivity index (χ4n) is 4.56. The summed E-state index contributed by atoms with van der Waals surface area (Å²) in [6, 6.07) is 12.2. The molecule has 1 amide bonds. The zero-order chi connectivity index (χ0) is 22.9. The zero-order valence-electron chi connectivity index (χ0n) is 19.1. The predicted molar refractivity (Wildman–Crippen MR) is 128 cm³/mol. The van der Waals surface area contributed by atoms with E-state index in [0.29, 0.717) is 12.4 Å². The molecule has 8 heteroatoms. The summed E-state index contributed by atoms with van der Waals surface area (Å²) in [7, 11) is 1.93. The van der Waals surface area contributed by atoms with Gasteiger partial charge in [-0.1, -0.05) is 6.07 Å². The second-order valence-electron chi connectivity index (χ2n) is 8.66. The van der Waals surface area contributed by atoms with Crippen molar-refractivity contribution in [2.75, 3.05) is 11.9 Å². The third kappa shape index (κ3) is 4.16. The van der Waals surface area contributed by atoms with Crippen molar-refractivity contribution in [2.45, 2.75) is 38.6 Å². The molecule has 2 atom stereocenters. The largest absolute Gasteiger partial charge is 0.340 e. The number of aryl methyl sites for hydroxylation is 1. The minimum absolute atomic E-state index is 0.0801. The first kappa shape index (κ1) is 21.1. The highest BCUT2D eigenvalue weighted by Gasteiger charge is 2.30. The highest BCUT2D eigenvalue weighted by molar-refractivity contribution is 5.93. The van der Waals surface area contributed by atoms with Crippen LogP contribution in [0.25, 0.3) is 22.2 Å². The Morgan fingerprint density at radius 2 is 2.00 bits per heavy atom. The SMILES string of the molecule is CC(=O)N1C[C@H](c2nc(Nc3cccc4c3cnn4C)cc(-c3cccnc3)n2)CC[C@@H]1C. The molecule has 0 saturated carbocycles. The number of likely N-dealkylation sites (tertiary alicyclic amines) is 1. The van der Waals surface area contributed by atoms with E-state index in [1.807, 2.05) is 65.4 Å². The van der Waals surface area contributed by atoms with Gasteiger partial charge < -0.3 is 10.2 Å². The second kappa shape index (κ2) is 8.61. The Labute approximate surface area is 192 Å². The Hall–Kier alpha value is -3.81. The quantitative estimate of drug-likeness (QED) is 0.508. The maximum Gasteiger partial charge on any atom is 0.219 e. The van der Waals surface area contributed by atoms with Crippen molar-refractivity contribution >= 4 is 28.3 Å². The highest BCUT2D eigenvalue weighted by Crippen LogP contribution is 2.32. The summed E-state index contributed by atoms with van der Waals surface area (Å²) < 4.78 is 1.85. The molecule has 8 nitrogen and oxygen atoms in total.